The molecular formula is C17H18O2. The molecule has 1 aliphatic carbocycles. The molecule has 2 heteroatoms. The normalized spacial score (nSPS) is 14.2. The highest BCUT2D eigenvalue weighted by atomic mass is 16.5. The van der Waals surface area contributed by atoms with Crippen LogP contribution < -0.4 is 4.74 Å². The van der Waals surface area contributed by atoms with Crippen molar-refractivity contribution in [3.05, 3.63) is 59.4 Å². The minimum Gasteiger partial charge on any atom is -0.462 e. The molecule has 0 amide bonds. The Hall–Kier alpha value is -2.05. The van der Waals surface area contributed by atoms with Crippen LogP contribution in [0.15, 0.2) is 59.4 Å². The first-order valence-corrected chi connectivity index (χ1v) is 6.61. The van der Waals surface area contributed by atoms with Crippen LogP contribution in [0.3, 0.4) is 0 Å². The second-order valence-electron chi connectivity index (χ2n) is 4.73. The van der Waals surface area contributed by atoms with Crippen LogP contribution >= 0.6 is 0 Å². The fourth-order valence-corrected chi connectivity index (χ4v) is 2.02. The van der Waals surface area contributed by atoms with Gasteiger partial charge in [-0.25, -0.2) is 4.79 Å². The quantitative estimate of drug-likeness (QED) is 0.735. The summed E-state index contributed by atoms with van der Waals surface area (Å²) >= 11 is 0. The van der Waals surface area contributed by atoms with Crippen molar-refractivity contribution in [2.24, 2.45) is 0 Å². The van der Waals surface area contributed by atoms with E-state index in [0.29, 0.717) is 0 Å². The van der Waals surface area contributed by atoms with E-state index in [4.69, 9.17) is 4.74 Å². The molecule has 0 N–H and O–H groups in total. The molecule has 98 valence electrons. The van der Waals surface area contributed by atoms with Crippen LogP contribution in [0.2, 0.25) is 0 Å². The lowest BCUT2D eigenvalue weighted by Crippen LogP contribution is -2.00. The van der Waals surface area contributed by atoms with Crippen LogP contribution in [-0.4, -0.2) is 5.94 Å². The van der Waals surface area contributed by atoms with Crippen LogP contribution in [0.25, 0.3) is 0 Å². The minimum absolute atomic E-state index is 0.768. The molecule has 1 aromatic rings. The first-order valence-electron chi connectivity index (χ1n) is 6.61. The van der Waals surface area contributed by atoms with E-state index in [0.717, 1.165) is 42.8 Å². The van der Waals surface area contributed by atoms with Gasteiger partial charge < -0.3 is 4.74 Å². The van der Waals surface area contributed by atoms with Gasteiger partial charge in [0.25, 0.3) is 0 Å². The number of carbonyl (C=O) groups excluding carboxylic acids is 1. The molecule has 0 saturated heterocycles. The van der Waals surface area contributed by atoms with Crippen molar-refractivity contribution in [2.75, 3.05) is 0 Å². The average Bonchev–Trinajstić information content (AvgIpc) is 2.46. The molecule has 0 spiro atoms. The Balaban J connectivity index is 1.97. The molecule has 0 aromatic heterocycles. The molecule has 1 aliphatic rings. The van der Waals surface area contributed by atoms with Crippen LogP contribution in [0.4, 0.5) is 0 Å². The summed E-state index contributed by atoms with van der Waals surface area (Å²) < 4.78 is 5.85. The van der Waals surface area contributed by atoms with Gasteiger partial charge in [-0.05, 0) is 50.0 Å². The molecule has 0 fully saturated rings. The van der Waals surface area contributed by atoms with E-state index in [-0.39, 0.29) is 0 Å². The average molecular weight is 254 g/mol. The maximum absolute atomic E-state index is 10.5. The molecule has 0 atom stereocenters. The fraction of sp³-hybridized carbons (Fsp3) is 0.294. The highest BCUT2D eigenvalue weighted by Gasteiger charge is 2.08. The molecular weight excluding hydrogens is 236 g/mol. The summed E-state index contributed by atoms with van der Waals surface area (Å²) in [5.74, 6) is 3.81. The number of para-hydroxylation sites is 1. The predicted octanol–water partition coefficient (Wildman–Crippen LogP) is 4.23. The Morgan fingerprint density at radius 2 is 2.11 bits per heavy atom. The zero-order valence-electron chi connectivity index (χ0n) is 11.2. The summed E-state index contributed by atoms with van der Waals surface area (Å²) in [5.41, 5.74) is 2.01. The second-order valence-corrected chi connectivity index (χ2v) is 4.73. The molecule has 2 nitrogen and oxygen atoms in total. The number of ether oxygens (including phenoxy) is 1. The van der Waals surface area contributed by atoms with E-state index >= 15 is 0 Å². The van der Waals surface area contributed by atoms with E-state index in [1.165, 1.54) is 5.57 Å². The summed E-state index contributed by atoms with van der Waals surface area (Å²) in [5, 5.41) is 0. The predicted molar refractivity (Wildman–Crippen MR) is 76.6 cm³/mol. The van der Waals surface area contributed by atoms with Crippen LogP contribution in [0.1, 0.15) is 32.6 Å². The van der Waals surface area contributed by atoms with Crippen LogP contribution in [0.5, 0.6) is 5.75 Å². The number of allylic oxidation sites excluding steroid dienone is 5. The summed E-state index contributed by atoms with van der Waals surface area (Å²) in [7, 11) is 0. The van der Waals surface area contributed by atoms with Crippen molar-refractivity contribution in [1.82, 2.24) is 0 Å². The summed E-state index contributed by atoms with van der Waals surface area (Å²) in [6.07, 6.45) is 7.89. The number of hydrogen-bond acceptors (Lipinski definition) is 2. The van der Waals surface area contributed by atoms with Gasteiger partial charge in [-0.2, -0.15) is 0 Å². The molecule has 19 heavy (non-hydrogen) atoms. The first-order chi connectivity index (χ1) is 9.28. The smallest absolute Gasteiger partial charge is 0.126 e. The monoisotopic (exact) mass is 254 g/mol. The summed E-state index contributed by atoms with van der Waals surface area (Å²) in [6, 6.07) is 9.82. The van der Waals surface area contributed by atoms with Gasteiger partial charge in [-0.1, -0.05) is 24.3 Å². The standard InChI is InChI=1S/C17H18O2/c1-14(13-18)10-11-15-6-5-9-17(12-15)19-16-7-3-2-4-8-16/h2-4,6-8,12H,5,9-11H2,1H3. The Morgan fingerprint density at radius 1 is 1.32 bits per heavy atom. The van der Waals surface area contributed by atoms with Crippen molar-refractivity contribution in [3.8, 4) is 5.75 Å². The zero-order valence-corrected chi connectivity index (χ0v) is 11.2. The maximum atomic E-state index is 10.5. The summed E-state index contributed by atoms with van der Waals surface area (Å²) in [4.78, 5) is 10.5. The first kappa shape index (κ1) is 13.4. The molecule has 0 bridgehead atoms. The van der Waals surface area contributed by atoms with E-state index < -0.39 is 0 Å². The van der Waals surface area contributed by atoms with Gasteiger partial charge in [0.15, 0.2) is 0 Å². The lowest BCUT2D eigenvalue weighted by molar-refractivity contribution is 0.401. The Kier molecular flexibility index (Phi) is 4.77. The number of hydrogen-bond donors (Lipinski definition) is 0. The highest BCUT2D eigenvalue weighted by molar-refractivity contribution is 5.51. The van der Waals surface area contributed by atoms with Gasteiger partial charge in [0.1, 0.15) is 17.5 Å². The Labute approximate surface area is 114 Å². The summed E-state index contributed by atoms with van der Waals surface area (Å²) in [6.45, 7) is 1.82. The third-order valence-corrected chi connectivity index (χ3v) is 3.10. The number of benzene rings is 1. The third-order valence-electron chi connectivity index (χ3n) is 3.10. The van der Waals surface area contributed by atoms with Gasteiger partial charge in [-0.3, -0.25) is 0 Å². The molecule has 1 aromatic carbocycles. The van der Waals surface area contributed by atoms with Gasteiger partial charge in [0.2, 0.25) is 0 Å². The van der Waals surface area contributed by atoms with Crippen molar-refractivity contribution in [1.29, 1.82) is 0 Å². The van der Waals surface area contributed by atoms with E-state index in [1.54, 1.807) is 0 Å². The second kappa shape index (κ2) is 6.77. The van der Waals surface area contributed by atoms with Gasteiger partial charge in [0, 0.05) is 12.0 Å². The zero-order chi connectivity index (χ0) is 13.5. The fourth-order valence-electron chi connectivity index (χ4n) is 2.02. The topological polar surface area (TPSA) is 26.3 Å². The van der Waals surface area contributed by atoms with Gasteiger partial charge in [0.05, 0.1) is 0 Å². The maximum Gasteiger partial charge on any atom is 0.126 e. The Morgan fingerprint density at radius 3 is 2.84 bits per heavy atom. The lowest BCUT2D eigenvalue weighted by atomic mass is 9.99. The number of rotatable bonds is 5. The van der Waals surface area contributed by atoms with Crippen molar-refractivity contribution in [2.45, 2.75) is 32.6 Å². The van der Waals surface area contributed by atoms with E-state index in [2.05, 4.69) is 12.2 Å². The van der Waals surface area contributed by atoms with E-state index in [9.17, 15) is 4.79 Å². The largest absolute Gasteiger partial charge is 0.462 e. The molecule has 0 aliphatic heterocycles. The minimum atomic E-state index is 0.768. The van der Waals surface area contributed by atoms with Crippen LogP contribution in [0, 0.1) is 0 Å². The van der Waals surface area contributed by atoms with Crippen LogP contribution in [-0.2, 0) is 4.79 Å². The molecule has 0 unspecified atom stereocenters. The molecule has 0 radical (unpaired) electrons. The molecule has 0 saturated carbocycles. The van der Waals surface area contributed by atoms with Crippen molar-refractivity contribution < 1.29 is 9.53 Å². The Bertz CT molecular complexity index is 532. The molecule has 2 rings (SSSR count). The third kappa shape index (κ3) is 4.27. The lowest BCUT2D eigenvalue weighted by Gasteiger charge is -2.15. The SMILES string of the molecule is CC(=C=O)CCC1=CCCC(Oc2ccccc2)=C1. The van der Waals surface area contributed by atoms with Gasteiger partial charge >= 0.3 is 0 Å². The van der Waals surface area contributed by atoms with E-state index in [1.807, 2.05) is 43.2 Å². The molecule has 0 heterocycles. The highest BCUT2D eigenvalue weighted by Crippen LogP contribution is 2.24. The van der Waals surface area contributed by atoms with Crippen molar-refractivity contribution >= 4 is 5.94 Å². The van der Waals surface area contributed by atoms with Gasteiger partial charge in [-0.15, -0.1) is 0 Å². The van der Waals surface area contributed by atoms with Crippen molar-refractivity contribution in [3.63, 3.8) is 0 Å².